The fraction of sp³-hybridized carbons (Fsp3) is 0.192. The van der Waals surface area contributed by atoms with Crippen LogP contribution < -0.4 is 14.4 Å². The van der Waals surface area contributed by atoms with E-state index in [-0.39, 0.29) is 12.0 Å². The molecule has 30 heavy (non-hydrogen) atoms. The SMILES string of the molecule is CCC1CN(C(=O)/C=C/c2ccc(OCc3ccccc3)cc2)c2ccccc2O1. The number of ether oxygens (including phenoxy) is 2. The van der Waals surface area contributed by atoms with Gasteiger partial charge in [-0.05, 0) is 47.9 Å². The average Bonchev–Trinajstić information content (AvgIpc) is 2.81. The van der Waals surface area contributed by atoms with E-state index in [4.69, 9.17) is 9.47 Å². The first-order valence-electron chi connectivity index (χ1n) is 10.2. The lowest BCUT2D eigenvalue weighted by Gasteiger charge is -2.34. The number of para-hydroxylation sites is 2. The molecule has 1 aliphatic heterocycles. The summed E-state index contributed by atoms with van der Waals surface area (Å²) in [6.45, 7) is 3.16. The fourth-order valence-corrected chi connectivity index (χ4v) is 3.39. The van der Waals surface area contributed by atoms with Gasteiger partial charge in [-0.2, -0.15) is 0 Å². The molecule has 1 unspecified atom stereocenters. The van der Waals surface area contributed by atoms with Gasteiger partial charge in [-0.15, -0.1) is 0 Å². The van der Waals surface area contributed by atoms with E-state index in [1.54, 1.807) is 11.0 Å². The molecule has 0 aromatic heterocycles. The lowest BCUT2D eigenvalue weighted by molar-refractivity contribution is -0.114. The van der Waals surface area contributed by atoms with Crippen LogP contribution in [0.1, 0.15) is 24.5 Å². The molecule has 3 aromatic carbocycles. The normalized spacial score (nSPS) is 15.5. The van der Waals surface area contributed by atoms with Crippen LogP contribution in [0.3, 0.4) is 0 Å². The van der Waals surface area contributed by atoms with Crippen molar-refractivity contribution in [3.63, 3.8) is 0 Å². The van der Waals surface area contributed by atoms with E-state index < -0.39 is 0 Å². The first-order chi connectivity index (χ1) is 14.7. The summed E-state index contributed by atoms with van der Waals surface area (Å²) < 4.78 is 11.8. The third-order valence-corrected chi connectivity index (χ3v) is 5.10. The zero-order valence-electron chi connectivity index (χ0n) is 17.0. The molecule has 3 aromatic rings. The summed E-state index contributed by atoms with van der Waals surface area (Å²) in [6.07, 6.45) is 4.32. The van der Waals surface area contributed by atoms with Crippen LogP contribution in [-0.4, -0.2) is 18.6 Å². The third kappa shape index (κ3) is 4.71. The second-order valence-electron chi connectivity index (χ2n) is 7.24. The molecule has 0 spiro atoms. The minimum Gasteiger partial charge on any atom is -0.489 e. The maximum Gasteiger partial charge on any atom is 0.251 e. The molecule has 1 heterocycles. The first-order valence-corrected chi connectivity index (χ1v) is 10.2. The summed E-state index contributed by atoms with van der Waals surface area (Å²) in [6, 6.07) is 25.5. The molecule has 0 saturated carbocycles. The van der Waals surface area contributed by atoms with Crippen molar-refractivity contribution in [3.05, 3.63) is 96.1 Å². The molecule has 4 heteroatoms. The lowest BCUT2D eigenvalue weighted by atomic mass is 10.1. The number of rotatable bonds is 6. The van der Waals surface area contributed by atoms with E-state index in [1.807, 2.05) is 84.9 Å². The van der Waals surface area contributed by atoms with Gasteiger partial charge in [0.15, 0.2) is 0 Å². The number of benzene rings is 3. The highest BCUT2D eigenvalue weighted by atomic mass is 16.5. The zero-order valence-corrected chi connectivity index (χ0v) is 17.0. The monoisotopic (exact) mass is 399 g/mol. The highest BCUT2D eigenvalue weighted by molar-refractivity contribution is 6.05. The highest BCUT2D eigenvalue weighted by Gasteiger charge is 2.27. The number of carbonyl (C=O) groups is 1. The van der Waals surface area contributed by atoms with E-state index in [0.29, 0.717) is 13.2 Å². The molecule has 0 aliphatic carbocycles. The third-order valence-electron chi connectivity index (χ3n) is 5.10. The van der Waals surface area contributed by atoms with E-state index in [2.05, 4.69) is 6.92 Å². The number of hydrogen-bond acceptors (Lipinski definition) is 3. The standard InChI is InChI=1S/C26H25NO3/c1-2-22-18-27(24-10-6-7-11-25(24)30-22)26(28)17-14-20-12-15-23(16-13-20)29-19-21-8-4-3-5-9-21/h3-17,22H,2,18-19H2,1H3/b17-14+. The minimum atomic E-state index is -0.0476. The van der Waals surface area contributed by atoms with Crippen molar-refractivity contribution in [1.29, 1.82) is 0 Å². The van der Waals surface area contributed by atoms with Crippen LogP contribution in [0.2, 0.25) is 0 Å². The Labute approximate surface area is 177 Å². The van der Waals surface area contributed by atoms with Gasteiger partial charge in [0.2, 0.25) is 0 Å². The van der Waals surface area contributed by atoms with Gasteiger partial charge in [0.25, 0.3) is 5.91 Å². The Morgan fingerprint density at radius 2 is 1.77 bits per heavy atom. The van der Waals surface area contributed by atoms with Crippen molar-refractivity contribution in [2.75, 3.05) is 11.4 Å². The van der Waals surface area contributed by atoms with Gasteiger partial charge < -0.3 is 14.4 Å². The van der Waals surface area contributed by atoms with Gasteiger partial charge in [-0.3, -0.25) is 4.79 Å². The van der Waals surface area contributed by atoms with Crippen LogP contribution in [0.15, 0.2) is 84.9 Å². The molecule has 0 radical (unpaired) electrons. The van der Waals surface area contributed by atoms with Crippen LogP contribution in [0.4, 0.5) is 5.69 Å². The molecule has 0 saturated heterocycles. The van der Waals surface area contributed by atoms with Crippen LogP contribution in [0.25, 0.3) is 6.08 Å². The summed E-state index contributed by atoms with van der Waals surface area (Å²) in [5, 5.41) is 0. The summed E-state index contributed by atoms with van der Waals surface area (Å²) in [5.74, 6) is 1.51. The molecule has 1 atom stereocenters. The highest BCUT2D eigenvalue weighted by Crippen LogP contribution is 2.34. The maximum atomic E-state index is 12.9. The molecule has 4 rings (SSSR count). The summed E-state index contributed by atoms with van der Waals surface area (Å²) in [7, 11) is 0. The van der Waals surface area contributed by atoms with E-state index in [1.165, 1.54) is 0 Å². The summed E-state index contributed by atoms with van der Waals surface area (Å²) in [4.78, 5) is 14.7. The van der Waals surface area contributed by atoms with Gasteiger partial charge >= 0.3 is 0 Å². The molecule has 4 nitrogen and oxygen atoms in total. The smallest absolute Gasteiger partial charge is 0.251 e. The molecule has 1 amide bonds. The topological polar surface area (TPSA) is 38.8 Å². The van der Waals surface area contributed by atoms with Crippen molar-refractivity contribution >= 4 is 17.7 Å². The van der Waals surface area contributed by atoms with Gasteiger partial charge in [-0.1, -0.05) is 61.5 Å². The number of carbonyl (C=O) groups excluding carboxylic acids is 1. The Morgan fingerprint density at radius 3 is 2.53 bits per heavy atom. The summed E-state index contributed by atoms with van der Waals surface area (Å²) >= 11 is 0. The number of fused-ring (bicyclic) bond motifs is 1. The van der Waals surface area contributed by atoms with Crippen LogP contribution in [0.5, 0.6) is 11.5 Å². The predicted octanol–water partition coefficient (Wildman–Crippen LogP) is 5.48. The molecular weight excluding hydrogens is 374 g/mol. The quantitative estimate of drug-likeness (QED) is 0.515. The molecule has 0 bridgehead atoms. The van der Waals surface area contributed by atoms with Crippen molar-refractivity contribution in [1.82, 2.24) is 0 Å². The van der Waals surface area contributed by atoms with E-state index >= 15 is 0 Å². The zero-order chi connectivity index (χ0) is 20.8. The predicted molar refractivity (Wildman–Crippen MR) is 120 cm³/mol. The Balaban J connectivity index is 1.40. The number of amides is 1. The number of hydrogen-bond donors (Lipinski definition) is 0. The van der Waals surface area contributed by atoms with Crippen LogP contribution in [-0.2, 0) is 11.4 Å². The Kier molecular flexibility index (Phi) is 6.14. The summed E-state index contributed by atoms with van der Waals surface area (Å²) in [5.41, 5.74) is 2.90. The van der Waals surface area contributed by atoms with Crippen molar-refractivity contribution in [2.45, 2.75) is 26.1 Å². The Morgan fingerprint density at radius 1 is 1.03 bits per heavy atom. The lowest BCUT2D eigenvalue weighted by Crippen LogP contribution is -2.42. The van der Waals surface area contributed by atoms with E-state index in [0.717, 1.165) is 34.7 Å². The second kappa shape index (κ2) is 9.31. The average molecular weight is 399 g/mol. The van der Waals surface area contributed by atoms with Crippen LogP contribution >= 0.6 is 0 Å². The number of anilines is 1. The van der Waals surface area contributed by atoms with Crippen molar-refractivity contribution in [3.8, 4) is 11.5 Å². The Bertz CT molecular complexity index is 1010. The van der Waals surface area contributed by atoms with Crippen LogP contribution in [0, 0.1) is 0 Å². The Hall–Kier alpha value is -3.53. The minimum absolute atomic E-state index is 0.0123. The van der Waals surface area contributed by atoms with Gasteiger partial charge in [0.1, 0.15) is 24.2 Å². The van der Waals surface area contributed by atoms with Gasteiger partial charge in [0.05, 0.1) is 12.2 Å². The molecule has 1 aliphatic rings. The van der Waals surface area contributed by atoms with Gasteiger partial charge in [-0.25, -0.2) is 0 Å². The molecule has 152 valence electrons. The maximum absolute atomic E-state index is 12.9. The molecule has 0 N–H and O–H groups in total. The van der Waals surface area contributed by atoms with E-state index in [9.17, 15) is 4.79 Å². The van der Waals surface area contributed by atoms with Crippen molar-refractivity contribution < 1.29 is 14.3 Å². The van der Waals surface area contributed by atoms with Crippen molar-refractivity contribution in [2.24, 2.45) is 0 Å². The molecular formula is C26H25NO3. The number of nitrogens with zero attached hydrogens (tertiary/aromatic N) is 1. The first kappa shape index (κ1) is 19.8. The molecule has 0 fully saturated rings. The van der Waals surface area contributed by atoms with Gasteiger partial charge in [0, 0.05) is 6.08 Å². The fourth-order valence-electron chi connectivity index (χ4n) is 3.39. The second-order valence-corrected chi connectivity index (χ2v) is 7.24. The largest absolute Gasteiger partial charge is 0.489 e.